The molecule has 2 aromatic heterocycles. The number of carbonyl (C=O) groups excluding carboxylic acids is 2. The maximum Gasteiger partial charge on any atom is 0.410 e. The highest BCUT2D eigenvalue weighted by Gasteiger charge is 2.48. The number of ether oxygens (including phenoxy) is 1. The molecule has 0 bridgehead atoms. The van der Waals surface area contributed by atoms with Gasteiger partial charge in [0, 0.05) is 18.8 Å². The first-order valence-corrected chi connectivity index (χ1v) is 8.17. The van der Waals surface area contributed by atoms with Gasteiger partial charge in [0.2, 0.25) is 5.91 Å². The number of hydrogen-bond donors (Lipinski definition) is 0. The second-order valence-electron chi connectivity index (χ2n) is 6.35. The Bertz CT molecular complexity index is 791. The lowest BCUT2D eigenvalue weighted by Crippen LogP contribution is -2.39. The van der Waals surface area contributed by atoms with E-state index in [1.54, 1.807) is 22.1 Å². The molecule has 0 unspecified atom stereocenters. The van der Waals surface area contributed by atoms with Crippen LogP contribution in [0.1, 0.15) is 17.1 Å². The van der Waals surface area contributed by atoms with Crippen LogP contribution in [-0.2, 0) is 22.5 Å². The standard InChI is InChI=1S/C17H18N4O4/c1-11-6-13(25-19-11)7-16(22)20-9-14-15(10-20)24-17(23)21(14)8-12-4-2-3-5-18-12/h2-6,14-15H,7-10H2,1H3/t14-,15+/m0/s1. The minimum atomic E-state index is -0.349. The molecule has 2 fully saturated rings. The zero-order valence-electron chi connectivity index (χ0n) is 13.8. The predicted octanol–water partition coefficient (Wildman–Crippen LogP) is 1.15. The van der Waals surface area contributed by atoms with Crippen molar-refractivity contribution in [2.75, 3.05) is 13.1 Å². The number of aromatic nitrogens is 2. The van der Waals surface area contributed by atoms with Crippen LogP contribution in [0.25, 0.3) is 0 Å². The van der Waals surface area contributed by atoms with Crippen molar-refractivity contribution >= 4 is 12.0 Å². The van der Waals surface area contributed by atoms with Crippen molar-refractivity contribution in [3.05, 3.63) is 47.6 Å². The lowest BCUT2D eigenvalue weighted by molar-refractivity contribution is -0.130. The van der Waals surface area contributed by atoms with Crippen LogP contribution in [0.5, 0.6) is 0 Å². The minimum Gasteiger partial charge on any atom is -0.442 e. The number of fused-ring (bicyclic) bond motifs is 1. The van der Waals surface area contributed by atoms with Gasteiger partial charge in [-0.15, -0.1) is 0 Å². The Morgan fingerprint density at radius 3 is 2.96 bits per heavy atom. The van der Waals surface area contributed by atoms with E-state index in [0.29, 0.717) is 25.4 Å². The summed E-state index contributed by atoms with van der Waals surface area (Å²) in [6.07, 6.45) is 1.21. The maximum absolute atomic E-state index is 12.5. The van der Waals surface area contributed by atoms with Crippen molar-refractivity contribution in [2.24, 2.45) is 0 Å². The molecule has 0 aliphatic carbocycles. The lowest BCUT2D eigenvalue weighted by Gasteiger charge is -2.22. The fourth-order valence-corrected chi connectivity index (χ4v) is 3.32. The molecule has 0 spiro atoms. The number of likely N-dealkylation sites (tertiary alicyclic amines) is 1. The van der Waals surface area contributed by atoms with Crippen molar-refractivity contribution in [1.82, 2.24) is 19.9 Å². The zero-order valence-corrected chi connectivity index (χ0v) is 13.8. The summed E-state index contributed by atoms with van der Waals surface area (Å²) >= 11 is 0. The fraction of sp³-hybridized carbons (Fsp3) is 0.412. The average Bonchev–Trinajstić information content (AvgIpc) is 3.26. The summed E-state index contributed by atoms with van der Waals surface area (Å²) in [5.41, 5.74) is 1.54. The van der Waals surface area contributed by atoms with E-state index in [1.807, 2.05) is 25.1 Å². The Balaban J connectivity index is 1.42. The van der Waals surface area contributed by atoms with Crippen LogP contribution in [0, 0.1) is 6.92 Å². The third kappa shape index (κ3) is 3.07. The van der Waals surface area contributed by atoms with E-state index in [2.05, 4.69) is 10.1 Å². The first-order chi connectivity index (χ1) is 12.1. The van der Waals surface area contributed by atoms with E-state index >= 15 is 0 Å². The molecule has 130 valence electrons. The topological polar surface area (TPSA) is 88.8 Å². The normalized spacial score (nSPS) is 22.2. The van der Waals surface area contributed by atoms with Gasteiger partial charge in [0.25, 0.3) is 0 Å². The monoisotopic (exact) mass is 342 g/mol. The maximum atomic E-state index is 12.5. The van der Waals surface area contributed by atoms with E-state index in [1.165, 1.54) is 0 Å². The second kappa shape index (κ2) is 6.19. The van der Waals surface area contributed by atoms with Crippen LogP contribution in [0.15, 0.2) is 35.0 Å². The van der Waals surface area contributed by atoms with Crippen LogP contribution in [0.3, 0.4) is 0 Å². The molecule has 8 heteroatoms. The Morgan fingerprint density at radius 1 is 1.36 bits per heavy atom. The van der Waals surface area contributed by atoms with Gasteiger partial charge in [-0.05, 0) is 19.1 Å². The van der Waals surface area contributed by atoms with Gasteiger partial charge in [-0.25, -0.2) is 4.79 Å². The molecule has 2 aromatic rings. The summed E-state index contributed by atoms with van der Waals surface area (Å²) in [5, 5.41) is 3.79. The average molecular weight is 342 g/mol. The lowest BCUT2D eigenvalue weighted by atomic mass is 10.2. The highest BCUT2D eigenvalue weighted by Crippen LogP contribution is 2.28. The van der Waals surface area contributed by atoms with E-state index in [4.69, 9.17) is 9.26 Å². The summed E-state index contributed by atoms with van der Waals surface area (Å²) in [6.45, 7) is 3.05. The number of rotatable bonds is 4. The van der Waals surface area contributed by atoms with Crippen LogP contribution in [-0.4, -0.2) is 57.2 Å². The molecule has 0 radical (unpaired) electrons. The van der Waals surface area contributed by atoms with Crippen molar-refractivity contribution in [2.45, 2.75) is 32.0 Å². The molecule has 0 N–H and O–H groups in total. The van der Waals surface area contributed by atoms with Gasteiger partial charge in [-0.3, -0.25) is 14.7 Å². The number of amides is 2. The molecule has 0 saturated carbocycles. The Labute approximate surface area is 144 Å². The highest BCUT2D eigenvalue weighted by atomic mass is 16.6. The molecule has 25 heavy (non-hydrogen) atoms. The summed E-state index contributed by atoms with van der Waals surface area (Å²) in [4.78, 5) is 32.2. The molecule has 2 amide bonds. The fourth-order valence-electron chi connectivity index (χ4n) is 3.32. The largest absolute Gasteiger partial charge is 0.442 e. The van der Waals surface area contributed by atoms with Crippen LogP contribution < -0.4 is 0 Å². The summed E-state index contributed by atoms with van der Waals surface area (Å²) in [6, 6.07) is 7.18. The number of carbonyl (C=O) groups is 2. The van der Waals surface area contributed by atoms with E-state index in [-0.39, 0.29) is 30.6 Å². The van der Waals surface area contributed by atoms with Crippen LogP contribution in [0.4, 0.5) is 4.79 Å². The predicted molar refractivity (Wildman–Crippen MR) is 85.4 cm³/mol. The molecular weight excluding hydrogens is 324 g/mol. The van der Waals surface area contributed by atoms with Gasteiger partial charge in [-0.1, -0.05) is 11.2 Å². The first kappa shape index (κ1) is 15.6. The number of hydrogen-bond acceptors (Lipinski definition) is 6. The molecular formula is C17H18N4O4. The van der Waals surface area contributed by atoms with E-state index < -0.39 is 0 Å². The Morgan fingerprint density at radius 2 is 2.24 bits per heavy atom. The Kier molecular flexibility index (Phi) is 3.87. The number of pyridine rings is 1. The van der Waals surface area contributed by atoms with Gasteiger partial charge in [0.15, 0.2) is 0 Å². The van der Waals surface area contributed by atoms with Gasteiger partial charge in [0.05, 0.1) is 36.9 Å². The van der Waals surface area contributed by atoms with Crippen molar-refractivity contribution in [1.29, 1.82) is 0 Å². The summed E-state index contributed by atoms with van der Waals surface area (Å²) in [7, 11) is 0. The van der Waals surface area contributed by atoms with E-state index in [9.17, 15) is 9.59 Å². The zero-order chi connectivity index (χ0) is 17.4. The third-order valence-electron chi connectivity index (χ3n) is 4.54. The smallest absolute Gasteiger partial charge is 0.410 e. The molecule has 4 heterocycles. The van der Waals surface area contributed by atoms with Gasteiger partial charge < -0.3 is 14.2 Å². The summed E-state index contributed by atoms with van der Waals surface area (Å²) < 4.78 is 10.5. The molecule has 8 nitrogen and oxygen atoms in total. The van der Waals surface area contributed by atoms with E-state index in [0.717, 1.165) is 11.4 Å². The molecule has 0 aromatic carbocycles. The van der Waals surface area contributed by atoms with Crippen molar-refractivity contribution < 1.29 is 18.8 Å². The van der Waals surface area contributed by atoms with Crippen molar-refractivity contribution in [3.63, 3.8) is 0 Å². The van der Waals surface area contributed by atoms with Gasteiger partial charge in [-0.2, -0.15) is 0 Å². The quantitative estimate of drug-likeness (QED) is 0.828. The molecule has 2 saturated heterocycles. The number of nitrogens with zero attached hydrogens (tertiary/aromatic N) is 4. The molecule has 2 atom stereocenters. The minimum absolute atomic E-state index is 0.0561. The first-order valence-electron chi connectivity index (χ1n) is 8.17. The van der Waals surface area contributed by atoms with Gasteiger partial charge in [0.1, 0.15) is 11.9 Å². The second-order valence-corrected chi connectivity index (χ2v) is 6.35. The third-order valence-corrected chi connectivity index (χ3v) is 4.54. The Hall–Kier alpha value is -2.90. The number of aryl methyl sites for hydroxylation is 1. The highest BCUT2D eigenvalue weighted by molar-refractivity contribution is 5.79. The van der Waals surface area contributed by atoms with Gasteiger partial charge >= 0.3 is 6.09 Å². The molecule has 2 aliphatic rings. The van der Waals surface area contributed by atoms with Crippen molar-refractivity contribution in [3.8, 4) is 0 Å². The van der Waals surface area contributed by atoms with Crippen LogP contribution >= 0.6 is 0 Å². The SMILES string of the molecule is Cc1cc(CC(=O)N2C[C@H]3OC(=O)N(Cc4ccccn4)[C@H]3C2)on1. The molecule has 4 rings (SSSR count). The molecule has 2 aliphatic heterocycles. The summed E-state index contributed by atoms with van der Waals surface area (Å²) in [5.74, 6) is 0.487. The van der Waals surface area contributed by atoms with Crippen LogP contribution in [0.2, 0.25) is 0 Å².